The molecule has 1 heterocycles. The summed E-state index contributed by atoms with van der Waals surface area (Å²) in [6.07, 6.45) is 3.46. The first-order valence-corrected chi connectivity index (χ1v) is 7.65. The first-order valence-electron chi connectivity index (χ1n) is 7.65. The van der Waals surface area contributed by atoms with E-state index < -0.39 is 0 Å². The normalized spacial score (nSPS) is 17.5. The van der Waals surface area contributed by atoms with Crippen LogP contribution in [0.1, 0.15) is 47.7 Å². The number of hydrogen-bond donors (Lipinski definition) is 1. The third-order valence-electron chi connectivity index (χ3n) is 3.98. The molecular formula is C18H23NO2. The van der Waals surface area contributed by atoms with Crippen molar-refractivity contribution in [1.82, 2.24) is 4.90 Å². The Morgan fingerprint density at radius 2 is 2.29 bits per heavy atom. The highest BCUT2D eigenvalue weighted by Crippen LogP contribution is 2.23. The number of hydrogen-bond acceptors (Lipinski definition) is 2. The van der Waals surface area contributed by atoms with Gasteiger partial charge in [0.15, 0.2) is 0 Å². The third kappa shape index (κ3) is 3.86. The number of amides is 1. The molecule has 2 rings (SSSR count). The van der Waals surface area contributed by atoms with Gasteiger partial charge in [0.05, 0.1) is 5.56 Å². The van der Waals surface area contributed by atoms with E-state index in [1.807, 2.05) is 30.0 Å². The van der Waals surface area contributed by atoms with Gasteiger partial charge in [0.2, 0.25) is 0 Å². The van der Waals surface area contributed by atoms with Crippen molar-refractivity contribution in [2.24, 2.45) is 5.92 Å². The Labute approximate surface area is 127 Å². The number of carbonyl (C=O) groups is 1. The van der Waals surface area contributed by atoms with Crippen LogP contribution in [0.5, 0.6) is 0 Å². The molecular weight excluding hydrogens is 262 g/mol. The molecule has 1 atom stereocenters. The minimum atomic E-state index is -0.191. The van der Waals surface area contributed by atoms with E-state index in [1.54, 1.807) is 0 Å². The van der Waals surface area contributed by atoms with E-state index >= 15 is 0 Å². The van der Waals surface area contributed by atoms with Gasteiger partial charge < -0.3 is 10.0 Å². The molecule has 0 saturated carbocycles. The largest absolute Gasteiger partial charge is 0.384 e. The summed E-state index contributed by atoms with van der Waals surface area (Å²) in [4.78, 5) is 14.7. The van der Waals surface area contributed by atoms with Gasteiger partial charge in [-0.15, -0.1) is 0 Å². The Kier molecular flexibility index (Phi) is 5.41. The second kappa shape index (κ2) is 7.28. The smallest absolute Gasteiger partial charge is 0.255 e. The Bertz CT molecular complexity index is 568. The minimum Gasteiger partial charge on any atom is -0.384 e. The summed E-state index contributed by atoms with van der Waals surface area (Å²) in [5, 5.41) is 8.85. The van der Waals surface area contributed by atoms with E-state index in [2.05, 4.69) is 18.8 Å². The van der Waals surface area contributed by atoms with Crippen molar-refractivity contribution in [1.29, 1.82) is 0 Å². The predicted molar refractivity (Wildman–Crippen MR) is 84.1 cm³/mol. The first kappa shape index (κ1) is 15.6. The molecule has 0 radical (unpaired) electrons. The number of rotatable bonds is 3. The van der Waals surface area contributed by atoms with Crippen molar-refractivity contribution in [3.8, 4) is 11.8 Å². The maximum absolute atomic E-state index is 12.7. The van der Waals surface area contributed by atoms with Gasteiger partial charge in [-0.1, -0.05) is 36.8 Å². The molecule has 1 aromatic carbocycles. The highest BCUT2D eigenvalue weighted by Gasteiger charge is 2.27. The van der Waals surface area contributed by atoms with Crippen LogP contribution in [0.2, 0.25) is 0 Å². The Morgan fingerprint density at radius 1 is 1.48 bits per heavy atom. The van der Waals surface area contributed by atoms with Crippen molar-refractivity contribution < 1.29 is 9.90 Å². The fourth-order valence-electron chi connectivity index (χ4n) is 2.91. The average molecular weight is 285 g/mol. The topological polar surface area (TPSA) is 40.5 Å². The highest BCUT2D eigenvalue weighted by atomic mass is 16.2. The second-order valence-electron chi connectivity index (χ2n) is 5.70. The van der Waals surface area contributed by atoms with E-state index in [0.29, 0.717) is 17.0 Å². The Hall–Kier alpha value is -1.79. The van der Waals surface area contributed by atoms with Gasteiger partial charge in [0, 0.05) is 18.7 Å². The zero-order chi connectivity index (χ0) is 15.2. The first-order chi connectivity index (χ1) is 10.2. The number of benzene rings is 1. The van der Waals surface area contributed by atoms with Gasteiger partial charge in [0.25, 0.3) is 5.91 Å². The Morgan fingerprint density at radius 3 is 3.00 bits per heavy atom. The molecule has 3 heteroatoms. The number of aryl methyl sites for hydroxylation is 1. The lowest BCUT2D eigenvalue weighted by Gasteiger charge is -2.18. The van der Waals surface area contributed by atoms with Crippen molar-refractivity contribution in [2.45, 2.75) is 33.1 Å². The maximum atomic E-state index is 12.7. The molecule has 0 aromatic heterocycles. The summed E-state index contributed by atoms with van der Waals surface area (Å²) >= 11 is 0. The maximum Gasteiger partial charge on any atom is 0.255 e. The van der Waals surface area contributed by atoms with E-state index in [0.717, 1.165) is 25.1 Å². The molecule has 112 valence electrons. The van der Waals surface area contributed by atoms with Crippen LogP contribution >= 0.6 is 0 Å². The lowest BCUT2D eigenvalue weighted by molar-refractivity contribution is 0.0786. The standard InChI is InChI=1S/C18H23NO2/c1-3-5-15-9-10-19(13-15)18(21)17-12-14(2)7-8-16(17)6-4-11-20/h7-8,12,15,20H,3,5,9-11,13H2,1-2H3. The molecule has 1 aliphatic heterocycles. The molecule has 3 nitrogen and oxygen atoms in total. The fourth-order valence-corrected chi connectivity index (χ4v) is 2.91. The van der Waals surface area contributed by atoms with Crippen molar-refractivity contribution in [3.63, 3.8) is 0 Å². The quantitative estimate of drug-likeness (QED) is 0.867. The number of likely N-dealkylation sites (tertiary alicyclic amines) is 1. The second-order valence-corrected chi connectivity index (χ2v) is 5.70. The van der Waals surface area contributed by atoms with Crippen molar-refractivity contribution in [2.75, 3.05) is 19.7 Å². The van der Waals surface area contributed by atoms with Gasteiger partial charge >= 0.3 is 0 Å². The van der Waals surface area contributed by atoms with Crippen LogP contribution in [0.15, 0.2) is 18.2 Å². The summed E-state index contributed by atoms with van der Waals surface area (Å²) in [7, 11) is 0. The number of carbonyl (C=O) groups excluding carboxylic acids is 1. The molecule has 0 spiro atoms. The molecule has 1 unspecified atom stereocenters. The summed E-state index contributed by atoms with van der Waals surface area (Å²) in [5.41, 5.74) is 2.42. The fraction of sp³-hybridized carbons (Fsp3) is 0.500. The summed E-state index contributed by atoms with van der Waals surface area (Å²) in [6.45, 7) is 5.67. The van der Waals surface area contributed by atoms with Gasteiger partial charge in [-0.05, 0) is 37.8 Å². The van der Waals surface area contributed by atoms with Crippen LogP contribution in [-0.4, -0.2) is 35.6 Å². The van der Waals surface area contributed by atoms with E-state index in [1.165, 1.54) is 12.8 Å². The van der Waals surface area contributed by atoms with Gasteiger partial charge in [0.1, 0.15) is 6.61 Å². The van der Waals surface area contributed by atoms with Gasteiger partial charge in [-0.25, -0.2) is 0 Å². The average Bonchev–Trinajstić information content (AvgIpc) is 2.94. The van der Waals surface area contributed by atoms with Crippen molar-refractivity contribution >= 4 is 5.91 Å². The molecule has 1 saturated heterocycles. The van der Waals surface area contributed by atoms with Crippen LogP contribution in [0, 0.1) is 24.7 Å². The van der Waals surface area contributed by atoms with E-state index in [-0.39, 0.29) is 12.5 Å². The minimum absolute atomic E-state index is 0.0690. The highest BCUT2D eigenvalue weighted by molar-refractivity contribution is 5.97. The van der Waals surface area contributed by atoms with Crippen LogP contribution in [0.25, 0.3) is 0 Å². The molecule has 1 N–H and O–H groups in total. The van der Waals surface area contributed by atoms with Crippen LogP contribution in [0.4, 0.5) is 0 Å². The zero-order valence-electron chi connectivity index (χ0n) is 12.9. The molecule has 1 aromatic rings. The van der Waals surface area contributed by atoms with Crippen LogP contribution in [-0.2, 0) is 0 Å². The lowest BCUT2D eigenvalue weighted by Crippen LogP contribution is -2.29. The molecule has 1 aliphatic rings. The summed E-state index contributed by atoms with van der Waals surface area (Å²) in [5.74, 6) is 6.22. The number of nitrogens with zero attached hydrogens (tertiary/aromatic N) is 1. The molecule has 1 amide bonds. The SMILES string of the molecule is CCCC1CCN(C(=O)c2cc(C)ccc2C#CCO)C1. The number of aliphatic hydroxyl groups is 1. The van der Waals surface area contributed by atoms with Crippen molar-refractivity contribution in [3.05, 3.63) is 34.9 Å². The third-order valence-corrected chi connectivity index (χ3v) is 3.98. The lowest BCUT2D eigenvalue weighted by atomic mass is 10.0. The van der Waals surface area contributed by atoms with Gasteiger partial charge in [-0.3, -0.25) is 4.79 Å². The van der Waals surface area contributed by atoms with E-state index in [4.69, 9.17) is 5.11 Å². The van der Waals surface area contributed by atoms with E-state index in [9.17, 15) is 4.79 Å². The predicted octanol–water partition coefficient (Wildman–Crippen LogP) is 2.60. The number of aliphatic hydroxyl groups excluding tert-OH is 1. The summed E-state index contributed by atoms with van der Waals surface area (Å²) < 4.78 is 0. The molecule has 0 bridgehead atoms. The molecule has 21 heavy (non-hydrogen) atoms. The monoisotopic (exact) mass is 285 g/mol. The van der Waals surface area contributed by atoms with Gasteiger partial charge in [-0.2, -0.15) is 0 Å². The zero-order valence-corrected chi connectivity index (χ0v) is 12.9. The molecule has 1 fully saturated rings. The molecule has 0 aliphatic carbocycles. The Balaban J connectivity index is 2.21. The van der Waals surface area contributed by atoms with Crippen LogP contribution in [0.3, 0.4) is 0 Å². The summed E-state index contributed by atoms with van der Waals surface area (Å²) in [6, 6.07) is 5.71. The van der Waals surface area contributed by atoms with Crippen LogP contribution < -0.4 is 0 Å².